The van der Waals surface area contributed by atoms with Gasteiger partial charge in [0, 0.05) is 21.7 Å². The number of benzene rings is 3. The number of aliphatic hydroxyl groups is 1. The fraction of sp³-hybridized carbons (Fsp3) is 0.250. The Balaban J connectivity index is 0. The summed E-state index contributed by atoms with van der Waals surface area (Å²) in [6, 6.07) is 21.8. The Bertz CT molecular complexity index is 1050. The predicted molar refractivity (Wildman–Crippen MR) is 147 cm³/mol. The van der Waals surface area contributed by atoms with E-state index in [9.17, 15) is 9.59 Å². The molecule has 0 amide bonds. The third-order valence-electron chi connectivity index (χ3n) is 3.77. The van der Waals surface area contributed by atoms with Crippen LogP contribution in [0.15, 0.2) is 72.8 Å². The standard InChI is InChI=1S/C10H11ClO2.C8H7ClO2.C7H7Cl.C2H6O.CO/c1-2-13-10(12)7-8-4-3-5-9(11)6-8;9-7-3-1-2-6(4-7)5-8(10)11;1-6-3-2-4-7(8)5-6;1-2-3;1-2/h3-6H,2,7H2,1H3;1-4H,5H2,(H,10,11);2-5H,1H3;3H,2H2,1H3;. The van der Waals surface area contributed by atoms with Gasteiger partial charge in [0.25, 0.3) is 0 Å². The van der Waals surface area contributed by atoms with Crippen LogP contribution in [0.2, 0.25) is 15.1 Å². The summed E-state index contributed by atoms with van der Waals surface area (Å²) in [6.07, 6.45) is 0.314. The van der Waals surface area contributed by atoms with Gasteiger partial charge in [-0.05, 0) is 73.9 Å². The molecular weight excluding hydrogens is 539 g/mol. The quantitative estimate of drug-likeness (QED) is 0.195. The number of rotatable bonds is 5. The first-order valence-electron chi connectivity index (χ1n) is 11.0. The molecule has 0 bridgehead atoms. The van der Waals surface area contributed by atoms with E-state index < -0.39 is 5.97 Å². The van der Waals surface area contributed by atoms with Crippen molar-refractivity contribution in [2.45, 2.75) is 33.6 Å². The minimum absolute atomic E-state index is 0.0283. The van der Waals surface area contributed by atoms with Crippen molar-refractivity contribution in [2.75, 3.05) is 13.2 Å². The van der Waals surface area contributed by atoms with E-state index in [-0.39, 0.29) is 25.4 Å². The average Bonchev–Trinajstić information content (AvgIpc) is 2.81. The zero-order chi connectivity index (χ0) is 28.6. The van der Waals surface area contributed by atoms with Crippen molar-refractivity contribution in [2.24, 2.45) is 0 Å². The number of halogens is 3. The summed E-state index contributed by atoms with van der Waals surface area (Å²) in [7, 11) is 0. The normalized spacial score (nSPS) is 8.78. The molecule has 0 fully saturated rings. The molecule has 0 aliphatic rings. The Labute approximate surface area is 233 Å². The number of carboxylic acid groups (broad SMARTS) is 1. The molecule has 0 aromatic heterocycles. The van der Waals surface area contributed by atoms with Crippen LogP contribution < -0.4 is 0 Å². The van der Waals surface area contributed by atoms with E-state index in [2.05, 4.69) is 6.65 Å². The van der Waals surface area contributed by atoms with Crippen molar-refractivity contribution in [1.82, 2.24) is 0 Å². The van der Waals surface area contributed by atoms with Gasteiger partial charge in [-0.1, -0.05) is 71.2 Å². The molecule has 3 rings (SSSR count). The third-order valence-corrected chi connectivity index (χ3v) is 4.47. The average molecular weight is 570 g/mol. The summed E-state index contributed by atoms with van der Waals surface area (Å²) < 4.78 is 12.3. The molecule has 0 saturated carbocycles. The van der Waals surface area contributed by atoms with Crippen LogP contribution in [0, 0.1) is 13.6 Å². The summed E-state index contributed by atoms with van der Waals surface area (Å²) in [5.41, 5.74) is 2.81. The van der Waals surface area contributed by atoms with Crippen LogP contribution in [0.25, 0.3) is 0 Å². The first kappa shape index (κ1) is 36.3. The van der Waals surface area contributed by atoms with Crippen LogP contribution in [0.5, 0.6) is 0 Å². The maximum absolute atomic E-state index is 11.1. The Morgan fingerprint density at radius 3 is 1.54 bits per heavy atom. The molecular formula is C28H31Cl3O6. The van der Waals surface area contributed by atoms with Gasteiger partial charge in [-0.3, -0.25) is 9.59 Å². The van der Waals surface area contributed by atoms with Gasteiger partial charge in [0.05, 0.1) is 19.4 Å². The third kappa shape index (κ3) is 22.1. The Kier molecular flexibility index (Phi) is 23.1. The molecule has 9 heteroatoms. The molecule has 2 N–H and O–H groups in total. The van der Waals surface area contributed by atoms with E-state index in [0.29, 0.717) is 16.7 Å². The first-order valence-corrected chi connectivity index (χ1v) is 12.1. The molecule has 0 spiro atoms. The Morgan fingerprint density at radius 2 is 1.22 bits per heavy atom. The van der Waals surface area contributed by atoms with Gasteiger partial charge in [0.15, 0.2) is 0 Å². The van der Waals surface area contributed by atoms with Gasteiger partial charge >= 0.3 is 23.2 Å². The number of aliphatic hydroxyl groups excluding tert-OH is 1. The van der Waals surface area contributed by atoms with Crippen molar-refractivity contribution in [3.63, 3.8) is 0 Å². The zero-order valence-electron chi connectivity index (χ0n) is 20.9. The van der Waals surface area contributed by atoms with Gasteiger partial charge in [0.2, 0.25) is 0 Å². The summed E-state index contributed by atoms with van der Waals surface area (Å²) in [5.74, 6) is -1.06. The van der Waals surface area contributed by atoms with Crippen LogP contribution in [0.1, 0.15) is 30.5 Å². The van der Waals surface area contributed by atoms with E-state index in [1.54, 1.807) is 50.2 Å². The van der Waals surface area contributed by atoms with Crippen molar-refractivity contribution in [3.8, 4) is 0 Å². The first-order chi connectivity index (χ1) is 17.6. The second-order valence-electron chi connectivity index (χ2n) is 6.93. The van der Waals surface area contributed by atoms with Crippen LogP contribution in [0.4, 0.5) is 0 Å². The predicted octanol–water partition coefficient (Wildman–Crippen LogP) is 7.02. The maximum atomic E-state index is 11.1. The molecule has 0 atom stereocenters. The van der Waals surface area contributed by atoms with E-state index in [1.807, 2.05) is 43.3 Å². The number of carbonyl (C=O) groups excluding carboxylic acids is 1. The molecule has 37 heavy (non-hydrogen) atoms. The molecule has 0 aliphatic carbocycles. The number of hydrogen-bond acceptors (Lipinski definition) is 4. The topological polar surface area (TPSA) is 104 Å². The monoisotopic (exact) mass is 568 g/mol. The molecule has 3 aromatic rings. The zero-order valence-corrected chi connectivity index (χ0v) is 23.2. The van der Waals surface area contributed by atoms with Gasteiger partial charge in [-0.2, -0.15) is 0 Å². The van der Waals surface area contributed by atoms with Gasteiger partial charge in [0.1, 0.15) is 0 Å². The minimum atomic E-state index is -0.840. The van der Waals surface area contributed by atoms with Crippen LogP contribution in [-0.4, -0.2) is 35.4 Å². The Hall–Kier alpha value is -2.83. The number of aryl methyl sites for hydroxylation is 1. The second-order valence-corrected chi connectivity index (χ2v) is 8.24. The number of ether oxygens (including phenoxy) is 1. The molecule has 0 radical (unpaired) electrons. The van der Waals surface area contributed by atoms with Gasteiger partial charge < -0.3 is 14.9 Å². The van der Waals surface area contributed by atoms with E-state index in [0.717, 1.165) is 16.1 Å². The van der Waals surface area contributed by atoms with Gasteiger partial charge in [-0.25, -0.2) is 0 Å². The Morgan fingerprint density at radius 1 is 0.811 bits per heavy atom. The SMILES string of the molecule is CCO.CCOC(=O)Cc1cccc(Cl)c1.Cc1cccc(Cl)c1.O=C(O)Cc1cccc(Cl)c1.[C-]#[O+]. The molecule has 0 unspecified atom stereocenters. The van der Waals surface area contributed by atoms with Crippen molar-refractivity contribution >= 4 is 46.7 Å². The molecule has 3 aromatic carbocycles. The van der Waals surface area contributed by atoms with E-state index in [1.165, 1.54) is 5.56 Å². The molecule has 6 nitrogen and oxygen atoms in total. The van der Waals surface area contributed by atoms with Crippen molar-refractivity contribution in [3.05, 3.63) is 111 Å². The van der Waals surface area contributed by atoms with Crippen LogP contribution >= 0.6 is 34.8 Å². The van der Waals surface area contributed by atoms with Gasteiger partial charge in [-0.15, -0.1) is 0 Å². The molecule has 0 aliphatic heterocycles. The number of esters is 1. The molecule has 200 valence electrons. The summed E-state index contributed by atoms with van der Waals surface area (Å²) in [4.78, 5) is 21.3. The number of carbonyl (C=O) groups is 2. The number of aliphatic carboxylic acids is 1. The summed E-state index contributed by atoms with van der Waals surface area (Å²) >= 11 is 17.0. The van der Waals surface area contributed by atoms with E-state index in [4.69, 9.17) is 54.4 Å². The van der Waals surface area contributed by atoms with E-state index >= 15 is 0 Å². The fourth-order valence-corrected chi connectivity index (χ4v) is 3.12. The summed E-state index contributed by atoms with van der Waals surface area (Å²) in [5, 5.41) is 18.0. The molecule has 0 heterocycles. The summed E-state index contributed by atoms with van der Waals surface area (Å²) in [6.45, 7) is 10.7. The second kappa shape index (κ2) is 23.6. The number of hydrogen-bond donors (Lipinski definition) is 2. The van der Waals surface area contributed by atoms with Crippen LogP contribution in [-0.2, 0) is 31.8 Å². The van der Waals surface area contributed by atoms with Crippen LogP contribution in [0.3, 0.4) is 0 Å². The van der Waals surface area contributed by atoms with Crippen molar-refractivity contribution < 1.29 is 29.2 Å². The number of carboxylic acids is 1. The molecule has 0 saturated heterocycles. The van der Waals surface area contributed by atoms with Crippen molar-refractivity contribution in [1.29, 1.82) is 0 Å². The fourth-order valence-electron chi connectivity index (χ4n) is 2.45.